The predicted octanol–water partition coefficient (Wildman–Crippen LogP) is 1.31. The largest absolute Gasteiger partial charge is 0.325 e. The van der Waals surface area contributed by atoms with E-state index in [2.05, 4.69) is 5.32 Å². The Bertz CT molecular complexity index is 757. The topological polar surface area (TPSA) is 86.8 Å². The van der Waals surface area contributed by atoms with E-state index in [-0.39, 0.29) is 24.7 Å². The van der Waals surface area contributed by atoms with E-state index in [4.69, 9.17) is 0 Å². The zero-order valence-electron chi connectivity index (χ0n) is 14.3. The van der Waals surface area contributed by atoms with Crippen molar-refractivity contribution in [3.8, 4) is 0 Å². The maximum atomic E-state index is 12.6. The van der Waals surface area contributed by atoms with Gasteiger partial charge in [-0.25, -0.2) is 17.5 Å². The summed E-state index contributed by atoms with van der Waals surface area (Å²) in [4.78, 5) is 25.7. The number of carbonyl (C=O) groups excluding carboxylic acids is 2. The van der Waals surface area contributed by atoms with Crippen LogP contribution in [0.4, 0.5) is 4.79 Å². The fourth-order valence-corrected chi connectivity index (χ4v) is 4.57. The van der Waals surface area contributed by atoms with E-state index in [1.54, 1.807) is 0 Å². The number of urea groups is 1. The van der Waals surface area contributed by atoms with Crippen molar-refractivity contribution < 1.29 is 18.0 Å². The van der Waals surface area contributed by atoms with Crippen LogP contribution in [0.5, 0.6) is 0 Å². The van der Waals surface area contributed by atoms with Crippen molar-refractivity contribution >= 4 is 22.0 Å². The highest BCUT2D eigenvalue weighted by Crippen LogP contribution is 2.34. The van der Waals surface area contributed by atoms with Gasteiger partial charge in [0.1, 0.15) is 5.54 Å². The summed E-state index contributed by atoms with van der Waals surface area (Å²) in [6.07, 6.45) is 3.07. The zero-order chi connectivity index (χ0) is 18.1. The van der Waals surface area contributed by atoms with Crippen LogP contribution in [-0.4, -0.2) is 54.4 Å². The molecule has 7 nitrogen and oxygen atoms in total. The number of imide groups is 1. The van der Waals surface area contributed by atoms with Crippen LogP contribution in [0.3, 0.4) is 0 Å². The maximum absolute atomic E-state index is 12.6. The lowest BCUT2D eigenvalue weighted by atomic mass is 9.98. The summed E-state index contributed by atoms with van der Waals surface area (Å²) in [5.41, 5.74) is 0.0880. The molecule has 0 aromatic heterocycles. The van der Waals surface area contributed by atoms with Crippen molar-refractivity contribution in [1.29, 1.82) is 0 Å². The smallest absolute Gasteiger partial charge is 0.323 e. The Labute approximate surface area is 148 Å². The van der Waals surface area contributed by atoms with Crippen LogP contribution in [0.2, 0.25) is 0 Å². The quantitative estimate of drug-likeness (QED) is 0.770. The molecule has 1 aromatic rings. The highest BCUT2D eigenvalue weighted by Gasteiger charge is 2.52. The number of hydrogen-bond acceptors (Lipinski definition) is 4. The standard InChI is InChI=1S/C17H23N3O4S/c1-19(13-14-7-3-2-4-8-14)25(23,24)12-11-20-15(21)17(18-16(20)22)9-5-6-10-17/h2-4,7-8H,5-6,9-13H2,1H3,(H,18,22). The highest BCUT2D eigenvalue weighted by atomic mass is 32.2. The van der Waals surface area contributed by atoms with E-state index >= 15 is 0 Å². The maximum Gasteiger partial charge on any atom is 0.325 e. The van der Waals surface area contributed by atoms with Crippen LogP contribution in [-0.2, 0) is 21.4 Å². The Morgan fingerprint density at radius 1 is 1.16 bits per heavy atom. The summed E-state index contributed by atoms with van der Waals surface area (Å²) in [7, 11) is -2.06. The van der Waals surface area contributed by atoms with E-state index in [1.165, 1.54) is 11.4 Å². The normalized spacial score (nSPS) is 19.8. The van der Waals surface area contributed by atoms with Gasteiger partial charge in [-0.05, 0) is 18.4 Å². The number of nitrogens with zero attached hydrogens (tertiary/aromatic N) is 2. The van der Waals surface area contributed by atoms with Gasteiger partial charge in [0.05, 0.1) is 5.75 Å². The molecular formula is C17H23N3O4S. The van der Waals surface area contributed by atoms with Gasteiger partial charge < -0.3 is 5.32 Å². The first-order valence-electron chi connectivity index (χ1n) is 8.46. The van der Waals surface area contributed by atoms with Gasteiger partial charge in [-0.1, -0.05) is 43.2 Å². The molecule has 0 atom stereocenters. The minimum atomic E-state index is -3.57. The molecule has 1 heterocycles. The second-order valence-electron chi connectivity index (χ2n) is 6.73. The van der Waals surface area contributed by atoms with Crippen molar-refractivity contribution in [2.24, 2.45) is 0 Å². The number of benzene rings is 1. The first kappa shape index (κ1) is 17.9. The predicted molar refractivity (Wildman–Crippen MR) is 93.1 cm³/mol. The van der Waals surface area contributed by atoms with Gasteiger partial charge in [0, 0.05) is 20.1 Å². The Morgan fingerprint density at radius 2 is 1.80 bits per heavy atom. The Balaban J connectivity index is 1.62. The second-order valence-corrected chi connectivity index (χ2v) is 8.93. The van der Waals surface area contributed by atoms with Crippen molar-refractivity contribution in [3.05, 3.63) is 35.9 Å². The minimum Gasteiger partial charge on any atom is -0.323 e. The molecule has 25 heavy (non-hydrogen) atoms. The highest BCUT2D eigenvalue weighted by molar-refractivity contribution is 7.89. The Kier molecular flexibility index (Phi) is 4.83. The van der Waals surface area contributed by atoms with E-state index < -0.39 is 21.6 Å². The first-order chi connectivity index (χ1) is 11.8. The van der Waals surface area contributed by atoms with Crippen LogP contribution in [0.25, 0.3) is 0 Å². The second kappa shape index (κ2) is 6.76. The van der Waals surface area contributed by atoms with Gasteiger partial charge in [0.15, 0.2) is 0 Å². The summed E-state index contributed by atoms with van der Waals surface area (Å²) in [6.45, 7) is 0.140. The van der Waals surface area contributed by atoms with Crippen molar-refractivity contribution in [2.45, 2.75) is 37.8 Å². The summed E-state index contributed by atoms with van der Waals surface area (Å²) < 4.78 is 26.2. The molecule has 1 spiro atoms. The average molecular weight is 365 g/mol. The average Bonchev–Trinajstić information content (AvgIpc) is 3.13. The van der Waals surface area contributed by atoms with Crippen LogP contribution in [0, 0.1) is 0 Å². The SMILES string of the molecule is CN(Cc1ccccc1)S(=O)(=O)CCN1C(=O)NC2(CCCC2)C1=O. The molecule has 1 aromatic carbocycles. The third kappa shape index (κ3) is 3.55. The lowest BCUT2D eigenvalue weighted by Crippen LogP contribution is -2.44. The fraction of sp³-hybridized carbons (Fsp3) is 0.529. The van der Waals surface area contributed by atoms with Gasteiger partial charge in [-0.15, -0.1) is 0 Å². The number of hydrogen-bond donors (Lipinski definition) is 1. The Morgan fingerprint density at radius 3 is 2.44 bits per heavy atom. The third-order valence-corrected chi connectivity index (χ3v) is 6.78. The van der Waals surface area contributed by atoms with Crippen molar-refractivity contribution in [2.75, 3.05) is 19.3 Å². The number of sulfonamides is 1. The molecule has 2 fully saturated rings. The molecule has 0 unspecified atom stereocenters. The van der Waals surface area contributed by atoms with Crippen LogP contribution >= 0.6 is 0 Å². The van der Waals surface area contributed by atoms with Crippen LogP contribution in [0.1, 0.15) is 31.2 Å². The minimum absolute atomic E-state index is 0.117. The Hall–Kier alpha value is -1.93. The zero-order valence-corrected chi connectivity index (χ0v) is 15.1. The molecular weight excluding hydrogens is 342 g/mol. The molecule has 1 aliphatic heterocycles. The lowest BCUT2D eigenvalue weighted by Gasteiger charge is -2.21. The van der Waals surface area contributed by atoms with E-state index in [0.717, 1.165) is 23.3 Å². The molecule has 0 radical (unpaired) electrons. The number of rotatable bonds is 6. The van der Waals surface area contributed by atoms with E-state index in [1.807, 2.05) is 30.3 Å². The van der Waals surface area contributed by atoms with Crippen molar-refractivity contribution in [3.63, 3.8) is 0 Å². The third-order valence-electron chi connectivity index (χ3n) is 5.00. The van der Waals surface area contributed by atoms with Crippen molar-refractivity contribution in [1.82, 2.24) is 14.5 Å². The van der Waals surface area contributed by atoms with Gasteiger partial charge in [-0.3, -0.25) is 9.69 Å². The molecule has 8 heteroatoms. The molecule has 1 aliphatic carbocycles. The molecule has 0 bridgehead atoms. The molecule has 1 saturated carbocycles. The lowest BCUT2D eigenvalue weighted by molar-refractivity contribution is -0.130. The van der Waals surface area contributed by atoms with E-state index in [9.17, 15) is 18.0 Å². The molecule has 1 N–H and O–H groups in total. The molecule has 3 rings (SSSR count). The van der Waals surface area contributed by atoms with Gasteiger partial charge in [0.2, 0.25) is 10.0 Å². The van der Waals surface area contributed by atoms with Gasteiger partial charge in [0.25, 0.3) is 5.91 Å². The summed E-state index contributed by atoms with van der Waals surface area (Å²) in [6, 6.07) is 8.80. The number of amides is 3. The monoisotopic (exact) mass is 365 g/mol. The number of carbonyl (C=O) groups is 2. The summed E-state index contributed by atoms with van der Waals surface area (Å²) >= 11 is 0. The molecule has 136 valence electrons. The number of nitrogens with one attached hydrogen (secondary N) is 1. The molecule has 2 aliphatic rings. The molecule has 3 amide bonds. The van der Waals surface area contributed by atoms with Gasteiger partial charge in [-0.2, -0.15) is 0 Å². The summed E-state index contributed by atoms with van der Waals surface area (Å²) in [5, 5.41) is 2.76. The fourth-order valence-electron chi connectivity index (χ4n) is 3.50. The molecule has 1 saturated heterocycles. The van der Waals surface area contributed by atoms with Crippen LogP contribution in [0.15, 0.2) is 30.3 Å². The van der Waals surface area contributed by atoms with E-state index in [0.29, 0.717) is 12.8 Å². The van der Waals surface area contributed by atoms with Crippen LogP contribution < -0.4 is 5.32 Å². The van der Waals surface area contributed by atoms with Gasteiger partial charge >= 0.3 is 6.03 Å². The summed E-state index contributed by atoms with van der Waals surface area (Å²) in [5.74, 6) is -0.554. The first-order valence-corrected chi connectivity index (χ1v) is 10.1.